The number of rotatable bonds is 2. The van der Waals surface area contributed by atoms with Gasteiger partial charge in [0.25, 0.3) is 0 Å². The Morgan fingerprint density at radius 1 is 1.21 bits per heavy atom. The lowest BCUT2D eigenvalue weighted by Crippen LogP contribution is -2.54. The molecule has 3 unspecified atom stereocenters. The van der Waals surface area contributed by atoms with Gasteiger partial charge in [-0.25, -0.2) is 0 Å². The van der Waals surface area contributed by atoms with E-state index in [4.69, 9.17) is 10.5 Å². The summed E-state index contributed by atoms with van der Waals surface area (Å²) >= 11 is 0. The molecule has 1 saturated carbocycles. The van der Waals surface area contributed by atoms with Crippen LogP contribution < -0.4 is 5.73 Å². The highest BCUT2D eigenvalue weighted by molar-refractivity contribution is 5.81. The number of fused-ring (bicyclic) bond motifs is 1. The van der Waals surface area contributed by atoms with Crippen LogP contribution in [0.2, 0.25) is 0 Å². The third-order valence-corrected chi connectivity index (χ3v) is 5.25. The Kier molecular flexibility index (Phi) is 3.53. The quantitative estimate of drug-likeness (QED) is 0.724. The van der Waals surface area contributed by atoms with Crippen LogP contribution in [-0.2, 0) is 9.53 Å². The minimum absolute atomic E-state index is 0.241. The minimum atomic E-state index is -0.744. The monoisotopic (exact) mass is 267 g/mol. The molecule has 108 valence electrons. The largest absolute Gasteiger partial charge is 0.468 e. The van der Waals surface area contributed by atoms with Crippen LogP contribution in [0.4, 0.5) is 0 Å². The summed E-state index contributed by atoms with van der Waals surface area (Å²) in [4.78, 5) is 16.9. The molecule has 3 aliphatic rings. The van der Waals surface area contributed by atoms with Crippen molar-refractivity contribution in [1.29, 1.82) is 0 Å². The molecule has 0 aromatic heterocycles. The number of piperazine rings is 1. The fourth-order valence-corrected chi connectivity index (χ4v) is 4.10. The molecular formula is C14H25N3O2. The van der Waals surface area contributed by atoms with Crippen molar-refractivity contribution in [2.75, 3.05) is 33.3 Å². The number of methoxy groups -OCH3 is 1. The van der Waals surface area contributed by atoms with Gasteiger partial charge in [0, 0.05) is 31.7 Å². The van der Waals surface area contributed by atoms with Crippen LogP contribution in [0.3, 0.4) is 0 Å². The lowest BCUT2D eigenvalue weighted by atomic mass is 9.98. The summed E-state index contributed by atoms with van der Waals surface area (Å²) in [7, 11) is 1.43. The average Bonchev–Trinajstić information content (AvgIpc) is 3.04. The molecule has 3 fully saturated rings. The van der Waals surface area contributed by atoms with Crippen LogP contribution in [0.15, 0.2) is 0 Å². The summed E-state index contributed by atoms with van der Waals surface area (Å²) in [5, 5.41) is 0. The van der Waals surface area contributed by atoms with Crippen molar-refractivity contribution in [1.82, 2.24) is 9.80 Å². The normalized spacial score (nSPS) is 40.3. The summed E-state index contributed by atoms with van der Waals surface area (Å²) in [6, 6.07) is 1.20. The molecule has 0 bridgehead atoms. The zero-order valence-corrected chi connectivity index (χ0v) is 11.8. The van der Waals surface area contributed by atoms with Gasteiger partial charge in [0.1, 0.15) is 5.54 Å². The lowest BCUT2D eigenvalue weighted by molar-refractivity contribution is -0.147. The molecule has 0 aromatic rings. The van der Waals surface area contributed by atoms with Gasteiger partial charge in [0.2, 0.25) is 0 Å². The number of nitrogens with two attached hydrogens (primary N) is 1. The topological polar surface area (TPSA) is 58.8 Å². The molecule has 2 aliphatic heterocycles. The predicted molar refractivity (Wildman–Crippen MR) is 72.7 cm³/mol. The molecule has 19 heavy (non-hydrogen) atoms. The molecule has 0 spiro atoms. The van der Waals surface area contributed by atoms with Crippen LogP contribution >= 0.6 is 0 Å². The third-order valence-electron chi connectivity index (χ3n) is 5.25. The second-order valence-corrected chi connectivity index (χ2v) is 6.37. The van der Waals surface area contributed by atoms with Crippen LogP contribution in [0, 0.1) is 0 Å². The fourth-order valence-electron chi connectivity index (χ4n) is 4.10. The first-order valence-corrected chi connectivity index (χ1v) is 7.48. The van der Waals surface area contributed by atoms with E-state index in [1.807, 2.05) is 0 Å². The number of ether oxygens (including phenoxy) is 1. The van der Waals surface area contributed by atoms with Gasteiger partial charge in [0.05, 0.1) is 7.11 Å². The smallest absolute Gasteiger partial charge is 0.325 e. The van der Waals surface area contributed by atoms with Gasteiger partial charge in [-0.15, -0.1) is 0 Å². The van der Waals surface area contributed by atoms with Gasteiger partial charge in [-0.05, 0) is 38.6 Å². The van der Waals surface area contributed by atoms with Crippen LogP contribution in [0.25, 0.3) is 0 Å². The first kappa shape index (κ1) is 13.3. The Morgan fingerprint density at radius 2 is 2.00 bits per heavy atom. The average molecular weight is 267 g/mol. The van der Waals surface area contributed by atoms with Crippen molar-refractivity contribution in [3.05, 3.63) is 0 Å². The Balaban J connectivity index is 1.60. The molecular weight excluding hydrogens is 242 g/mol. The van der Waals surface area contributed by atoms with Crippen LogP contribution in [0.1, 0.15) is 32.1 Å². The van der Waals surface area contributed by atoms with Gasteiger partial charge < -0.3 is 10.5 Å². The Labute approximate surface area is 115 Å². The van der Waals surface area contributed by atoms with Gasteiger partial charge in [-0.3, -0.25) is 14.6 Å². The van der Waals surface area contributed by atoms with Crippen molar-refractivity contribution >= 4 is 5.97 Å². The maximum absolute atomic E-state index is 11.8. The van der Waals surface area contributed by atoms with Crippen molar-refractivity contribution in [2.24, 2.45) is 5.73 Å². The van der Waals surface area contributed by atoms with E-state index in [-0.39, 0.29) is 5.97 Å². The minimum Gasteiger partial charge on any atom is -0.468 e. The molecule has 0 aromatic carbocycles. The highest BCUT2D eigenvalue weighted by atomic mass is 16.5. The summed E-state index contributed by atoms with van der Waals surface area (Å²) < 4.78 is 4.85. The molecule has 1 aliphatic carbocycles. The Hall–Kier alpha value is -0.650. The number of hydrogen-bond donors (Lipinski definition) is 1. The number of hydrogen-bond acceptors (Lipinski definition) is 5. The van der Waals surface area contributed by atoms with E-state index in [0.717, 1.165) is 38.4 Å². The van der Waals surface area contributed by atoms with Gasteiger partial charge in [0.15, 0.2) is 0 Å². The zero-order chi connectivity index (χ0) is 13.5. The number of carbonyl (C=O) groups excluding carboxylic acids is 1. The molecule has 3 atom stereocenters. The Bertz CT molecular complexity index is 363. The second-order valence-electron chi connectivity index (χ2n) is 6.37. The molecule has 0 radical (unpaired) electrons. The van der Waals surface area contributed by atoms with E-state index < -0.39 is 5.54 Å². The highest BCUT2D eigenvalue weighted by Crippen LogP contribution is 2.34. The van der Waals surface area contributed by atoms with E-state index >= 15 is 0 Å². The van der Waals surface area contributed by atoms with Crippen molar-refractivity contribution in [3.63, 3.8) is 0 Å². The maximum Gasteiger partial charge on any atom is 0.325 e. The lowest BCUT2D eigenvalue weighted by Gasteiger charge is -2.40. The first-order valence-electron chi connectivity index (χ1n) is 7.48. The second kappa shape index (κ2) is 5.04. The predicted octanol–water partition coefficient (Wildman–Crippen LogP) is 0.189. The Morgan fingerprint density at radius 3 is 2.79 bits per heavy atom. The van der Waals surface area contributed by atoms with Crippen LogP contribution in [0.5, 0.6) is 0 Å². The van der Waals surface area contributed by atoms with Crippen molar-refractivity contribution in [3.8, 4) is 0 Å². The highest BCUT2D eigenvalue weighted by Gasteiger charge is 2.46. The third kappa shape index (κ3) is 2.39. The maximum atomic E-state index is 11.8. The standard InChI is InChI=1S/C14H25N3O2/c1-19-13(18)14(15)5-4-11(9-14)17-8-7-16-6-2-3-12(16)10-17/h11-12H,2-10,15H2,1H3. The number of nitrogens with zero attached hydrogens (tertiary/aromatic N) is 2. The SMILES string of the molecule is COC(=O)C1(N)CCC(N2CCN3CCCC3C2)C1. The molecule has 0 amide bonds. The molecule has 3 rings (SSSR count). The molecule has 2 heterocycles. The van der Waals surface area contributed by atoms with Gasteiger partial charge in [-0.2, -0.15) is 0 Å². The zero-order valence-electron chi connectivity index (χ0n) is 11.8. The fraction of sp³-hybridized carbons (Fsp3) is 0.929. The summed E-state index contributed by atoms with van der Waals surface area (Å²) in [5.41, 5.74) is 5.46. The molecule has 5 heteroatoms. The number of carbonyl (C=O) groups is 1. The van der Waals surface area contributed by atoms with Crippen LogP contribution in [-0.4, -0.2) is 66.7 Å². The van der Waals surface area contributed by atoms with E-state index in [2.05, 4.69) is 9.80 Å². The number of esters is 1. The molecule has 5 nitrogen and oxygen atoms in total. The summed E-state index contributed by atoms with van der Waals surface area (Å²) in [6.45, 7) is 4.73. The van der Waals surface area contributed by atoms with E-state index in [9.17, 15) is 4.79 Å². The molecule has 2 saturated heterocycles. The van der Waals surface area contributed by atoms with Crippen molar-refractivity contribution < 1.29 is 9.53 Å². The summed E-state index contributed by atoms with van der Waals surface area (Å²) in [5.74, 6) is -0.241. The molecule has 2 N–H and O–H groups in total. The van der Waals surface area contributed by atoms with E-state index in [1.54, 1.807) is 0 Å². The first-order chi connectivity index (χ1) is 9.12. The van der Waals surface area contributed by atoms with E-state index in [1.165, 1.54) is 33.0 Å². The van der Waals surface area contributed by atoms with Gasteiger partial charge >= 0.3 is 5.97 Å². The van der Waals surface area contributed by atoms with Gasteiger partial charge in [-0.1, -0.05) is 0 Å². The van der Waals surface area contributed by atoms with E-state index in [0.29, 0.717) is 6.04 Å². The van der Waals surface area contributed by atoms with Crippen molar-refractivity contribution in [2.45, 2.75) is 49.7 Å². The summed E-state index contributed by atoms with van der Waals surface area (Å²) in [6.07, 6.45) is 5.21.